The molecule has 0 aromatic heterocycles. The second-order valence-corrected chi connectivity index (χ2v) is 4.46. The first kappa shape index (κ1) is 8.09. The number of carbonyl (C=O) groups excluding carboxylic acids is 1. The molecule has 0 N–H and O–H groups in total. The number of rotatable bonds is 2. The summed E-state index contributed by atoms with van der Waals surface area (Å²) in [4.78, 5) is 13.4. The number of hydrogen-bond donors (Lipinski definition) is 0. The highest BCUT2D eigenvalue weighted by Crippen LogP contribution is 2.63. The van der Waals surface area contributed by atoms with Crippen LogP contribution in [0.25, 0.3) is 0 Å². The van der Waals surface area contributed by atoms with Gasteiger partial charge in [-0.1, -0.05) is 0 Å². The molecule has 0 aliphatic heterocycles. The summed E-state index contributed by atoms with van der Waals surface area (Å²) in [6.45, 7) is 2.88. The van der Waals surface area contributed by atoms with Gasteiger partial charge < -0.3 is 4.90 Å². The van der Waals surface area contributed by atoms with E-state index < -0.39 is 0 Å². The van der Waals surface area contributed by atoms with E-state index in [1.165, 1.54) is 25.7 Å². The highest BCUT2D eigenvalue weighted by molar-refractivity contribution is 5.79. The van der Waals surface area contributed by atoms with Crippen LogP contribution >= 0.6 is 0 Å². The van der Waals surface area contributed by atoms with E-state index in [0.717, 1.165) is 6.54 Å². The van der Waals surface area contributed by atoms with Crippen LogP contribution in [-0.2, 0) is 4.79 Å². The molecule has 2 nitrogen and oxygen atoms in total. The van der Waals surface area contributed by atoms with Crippen molar-refractivity contribution in [3.63, 3.8) is 0 Å². The summed E-state index contributed by atoms with van der Waals surface area (Å²) in [6.07, 6.45) is 5.12. The summed E-state index contributed by atoms with van der Waals surface area (Å²) in [5.41, 5.74) is 0.662. The van der Waals surface area contributed by atoms with Gasteiger partial charge in [0.1, 0.15) is 0 Å². The maximum Gasteiger partial charge on any atom is 0.225 e. The van der Waals surface area contributed by atoms with E-state index in [1.54, 1.807) is 0 Å². The minimum absolute atomic E-state index is 0.370. The Morgan fingerprint density at radius 3 is 2.50 bits per heavy atom. The Morgan fingerprint density at radius 2 is 2.08 bits per heavy atom. The first-order chi connectivity index (χ1) is 5.67. The van der Waals surface area contributed by atoms with Gasteiger partial charge in [0.15, 0.2) is 0 Å². The van der Waals surface area contributed by atoms with Crippen LogP contribution in [0.3, 0.4) is 0 Å². The van der Waals surface area contributed by atoms with Crippen LogP contribution in [-0.4, -0.2) is 24.4 Å². The molecule has 0 unspecified atom stereocenters. The van der Waals surface area contributed by atoms with Crippen molar-refractivity contribution in [3.05, 3.63) is 0 Å². The van der Waals surface area contributed by atoms with Gasteiger partial charge in [-0.25, -0.2) is 0 Å². The average Bonchev–Trinajstić information content (AvgIpc) is 2.78. The molecule has 2 fully saturated rings. The fourth-order valence-corrected chi connectivity index (χ4v) is 2.21. The molecule has 12 heavy (non-hydrogen) atoms. The predicted octanol–water partition coefficient (Wildman–Crippen LogP) is 1.65. The van der Waals surface area contributed by atoms with Crippen LogP contribution < -0.4 is 0 Å². The van der Waals surface area contributed by atoms with E-state index >= 15 is 0 Å². The molecule has 0 heterocycles. The van der Waals surface area contributed by atoms with Crippen molar-refractivity contribution in [2.75, 3.05) is 13.6 Å². The van der Waals surface area contributed by atoms with Gasteiger partial charge in [0, 0.05) is 19.5 Å². The first-order valence-electron chi connectivity index (χ1n) is 4.92. The van der Waals surface area contributed by atoms with Crippen molar-refractivity contribution < 1.29 is 4.79 Å². The molecule has 0 aromatic rings. The van der Waals surface area contributed by atoms with Crippen molar-refractivity contribution in [3.8, 4) is 0 Å². The monoisotopic (exact) mass is 167 g/mol. The average molecular weight is 167 g/mol. The lowest BCUT2D eigenvalue weighted by atomic mass is 9.71. The van der Waals surface area contributed by atoms with Gasteiger partial charge in [0.2, 0.25) is 5.91 Å². The highest BCUT2D eigenvalue weighted by Gasteiger charge is 2.55. The lowest BCUT2D eigenvalue weighted by Gasteiger charge is -2.36. The van der Waals surface area contributed by atoms with Gasteiger partial charge in [-0.05, 0) is 38.0 Å². The maximum atomic E-state index is 11.6. The summed E-state index contributed by atoms with van der Waals surface area (Å²) in [5, 5.41) is 0. The van der Waals surface area contributed by atoms with Gasteiger partial charge >= 0.3 is 0 Å². The molecule has 2 rings (SSSR count). The second-order valence-electron chi connectivity index (χ2n) is 4.46. The SMILES string of the molecule is CCN(C)C(=O)C1CC2(CC2)C1. The Hall–Kier alpha value is -0.530. The van der Waals surface area contributed by atoms with Crippen molar-refractivity contribution in [1.29, 1.82) is 0 Å². The molecule has 0 atom stereocenters. The first-order valence-corrected chi connectivity index (χ1v) is 4.92. The molecule has 0 radical (unpaired) electrons. The molecule has 2 aliphatic rings. The summed E-state index contributed by atoms with van der Waals surface area (Å²) in [6, 6.07) is 0. The van der Waals surface area contributed by atoms with Crippen LogP contribution in [0, 0.1) is 11.3 Å². The van der Waals surface area contributed by atoms with E-state index in [1.807, 2.05) is 18.9 Å². The van der Waals surface area contributed by atoms with Gasteiger partial charge in [0.05, 0.1) is 0 Å². The molecular weight excluding hydrogens is 150 g/mol. The van der Waals surface area contributed by atoms with Crippen LogP contribution in [0.15, 0.2) is 0 Å². The van der Waals surface area contributed by atoms with Crippen molar-refractivity contribution in [1.82, 2.24) is 4.90 Å². The van der Waals surface area contributed by atoms with E-state index in [2.05, 4.69) is 0 Å². The van der Waals surface area contributed by atoms with Gasteiger partial charge in [0.25, 0.3) is 0 Å². The Kier molecular flexibility index (Phi) is 1.67. The van der Waals surface area contributed by atoms with Crippen molar-refractivity contribution in [2.24, 2.45) is 11.3 Å². The third kappa shape index (κ3) is 1.13. The smallest absolute Gasteiger partial charge is 0.225 e. The second kappa shape index (κ2) is 2.48. The van der Waals surface area contributed by atoms with E-state index in [-0.39, 0.29) is 0 Å². The lowest BCUT2D eigenvalue weighted by molar-refractivity contribution is -0.139. The molecule has 0 saturated heterocycles. The van der Waals surface area contributed by atoms with Crippen LogP contribution in [0.1, 0.15) is 32.6 Å². The zero-order chi connectivity index (χ0) is 8.77. The van der Waals surface area contributed by atoms with Crippen LogP contribution in [0.2, 0.25) is 0 Å². The Bertz CT molecular complexity index is 200. The molecular formula is C10H17NO. The molecule has 1 amide bonds. The number of nitrogens with zero attached hydrogens (tertiary/aromatic N) is 1. The predicted molar refractivity (Wildman–Crippen MR) is 47.7 cm³/mol. The largest absolute Gasteiger partial charge is 0.346 e. The lowest BCUT2D eigenvalue weighted by Crippen LogP contribution is -2.40. The normalized spacial score (nSPS) is 25.2. The Balaban J connectivity index is 1.83. The molecule has 68 valence electrons. The zero-order valence-corrected chi connectivity index (χ0v) is 7.97. The van der Waals surface area contributed by atoms with Crippen LogP contribution in [0.4, 0.5) is 0 Å². The van der Waals surface area contributed by atoms with Gasteiger partial charge in [-0.3, -0.25) is 4.79 Å². The van der Waals surface area contributed by atoms with Crippen LogP contribution in [0.5, 0.6) is 0 Å². The fourth-order valence-electron chi connectivity index (χ4n) is 2.21. The molecule has 0 bridgehead atoms. The molecule has 2 saturated carbocycles. The third-order valence-corrected chi connectivity index (χ3v) is 3.52. The number of carbonyl (C=O) groups is 1. The van der Waals surface area contributed by atoms with E-state index in [0.29, 0.717) is 17.2 Å². The maximum absolute atomic E-state index is 11.6. The summed E-state index contributed by atoms with van der Waals surface area (Å²) >= 11 is 0. The topological polar surface area (TPSA) is 20.3 Å². The molecule has 0 aromatic carbocycles. The fraction of sp³-hybridized carbons (Fsp3) is 0.900. The standard InChI is InChI=1S/C10H17NO/c1-3-11(2)9(12)8-6-10(7-8)4-5-10/h8H,3-7H2,1-2H3. The quantitative estimate of drug-likeness (QED) is 0.612. The minimum Gasteiger partial charge on any atom is -0.346 e. The van der Waals surface area contributed by atoms with Gasteiger partial charge in [-0.2, -0.15) is 0 Å². The van der Waals surface area contributed by atoms with E-state index in [4.69, 9.17) is 0 Å². The van der Waals surface area contributed by atoms with Crippen molar-refractivity contribution in [2.45, 2.75) is 32.6 Å². The zero-order valence-electron chi connectivity index (χ0n) is 7.97. The summed E-state index contributed by atoms with van der Waals surface area (Å²) < 4.78 is 0. The summed E-state index contributed by atoms with van der Waals surface area (Å²) in [5.74, 6) is 0.743. The highest BCUT2D eigenvalue weighted by atomic mass is 16.2. The van der Waals surface area contributed by atoms with E-state index in [9.17, 15) is 4.79 Å². The Morgan fingerprint density at radius 1 is 1.50 bits per heavy atom. The number of amides is 1. The number of hydrogen-bond acceptors (Lipinski definition) is 1. The third-order valence-electron chi connectivity index (χ3n) is 3.52. The molecule has 2 aliphatic carbocycles. The van der Waals surface area contributed by atoms with Crippen molar-refractivity contribution >= 4 is 5.91 Å². The molecule has 2 heteroatoms. The molecule has 1 spiro atoms. The minimum atomic E-state index is 0.370. The van der Waals surface area contributed by atoms with Gasteiger partial charge in [-0.15, -0.1) is 0 Å². The Labute approximate surface area is 73.9 Å². The summed E-state index contributed by atoms with van der Waals surface area (Å²) in [7, 11) is 1.90.